The van der Waals surface area contributed by atoms with Gasteiger partial charge in [-0.2, -0.15) is 0 Å². The zero-order chi connectivity index (χ0) is 12.7. The molecule has 0 radical (unpaired) electrons. The van der Waals surface area contributed by atoms with Crippen molar-refractivity contribution in [3.8, 4) is 11.5 Å². The second kappa shape index (κ2) is 4.71. The fourth-order valence-electron chi connectivity index (χ4n) is 3.68. The maximum absolute atomic E-state index is 5.93. The molecule has 0 spiro atoms. The number of rotatable bonds is 2. The van der Waals surface area contributed by atoms with Gasteiger partial charge in [0.1, 0.15) is 11.5 Å². The highest BCUT2D eigenvalue weighted by molar-refractivity contribution is 5.56. The molecule has 3 aliphatic rings. The van der Waals surface area contributed by atoms with Gasteiger partial charge in [0.2, 0.25) is 0 Å². The van der Waals surface area contributed by atoms with Crippen molar-refractivity contribution in [3.63, 3.8) is 0 Å². The molecule has 0 atom stereocenters. The van der Waals surface area contributed by atoms with Crippen LogP contribution in [-0.2, 0) is 19.3 Å². The third-order valence-corrected chi connectivity index (χ3v) is 4.71. The minimum atomic E-state index is 0.807. The second-order valence-corrected chi connectivity index (χ2v) is 5.91. The van der Waals surface area contributed by atoms with Crippen LogP contribution in [0.1, 0.15) is 29.5 Å². The van der Waals surface area contributed by atoms with E-state index in [9.17, 15) is 0 Å². The van der Waals surface area contributed by atoms with Crippen molar-refractivity contribution in [2.75, 3.05) is 26.3 Å². The van der Waals surface area contributed by atoms with Crippen molar-refractivity contribution in [1.29, 1.82) is 0 Å². The molecule has 0 amide bonds. The van der Waals surface area contributed by atoms with Crippen molar-refractivity contribution in [3.05, 3.63) is 22.8 Å². The highest BCUT2D eigenvalue weighted by atomic mass is 16.5. The molecule has 3 heteroatoms. The highest BCUT2D eigenvalue weighted by Crippen LogP contribution is 2.42. The number of ether oxygens (including phenoxy) is 2. The van der Waals surface area contributed by atoms with E-state index in [2.05, 4.69) is 11.4 Å². The number of hydrogen-bond acceptors (Lipinski definition) is 3. The van der Waals surface area contributed by atoms with Gasteiger partial charge in [-0.05, 0) is 44.3 Å². The molecule has 4 rings (SSSR count). The van der Waals surface area contributed by atoms with E-state index in [-0.39, 0.29) is 0 Å². The summed E-state index contributed by atoms with van der Waals surface area (Å²) in [7, 11) is 0. The number of benzene rings is 1. The predicted octanol–water partition coefficient (Wildman–Crippen LogP) is 2.10. The minimum Gasteiger partial charge on any atom is -0.493 e. The molecule has 1 aromatic rings. The summed E-state index contributed by atoms with van der Waals surface area (Å²) in [6, 6.07) is 2.22. The molecule has 1 N–H and O–H groups in total. The predicted molar refractivity (Wildman–Crippen MR) is 74.1 cm³/mol. The summed E-state index contributed by atoms with van der Waals surface area (Å²) >= 11 is 0. The molecule has 1 saturated heterocycles. The summed E-state index contributed by atoms with van der Waals surface area (Å²) in [5, 5.41) is 3.45. The van der Waals surface area contributed by atoms with E-state index in [0.29, 0.717) is 0 Å². The summed E-state index contributed by atoms with van der Waals surface area (Å²) < 4.78 is 11.7. The molecule has 1 aromatic carbocycles. The Balaban J connectivity index is 1.69. The molecular weight excluding hydrogens is 238 g/mol. The van der Waals surface area contributed by atoms with Gasteiger partial charge in [0, 0.05) is 29.5 Å². The maximum Gasteiger partial charge on any atom is 0.126 e. The third-order valence-electron chi connectivity index (χ3n) is 4.71. The zero-order valence-corrected chi connectivity index (χ0v) is 11.3. The standard InChI is InChI=1S/C16H21NO2/c1-5-17-6-2-11(1)9-14-13-4-8-18-15(13)10-12-3-7-19-16(12)14/h10-11,17H,1-9H2. The molecule has 19 heavy (non-hydrogen) atoms. The molecule has 0 saturated carbocycles. The molecule has 102 valence electrons. The lowest BCUT2D eigenvalue weighted by Gasteiger charge is -2.24. The van der Waals surface area contributed by atoms with E-state index in [0.717, 1.165) is 37.7 Å². The normalized spacial score (nSPS) is 21.7. The van der Waals surface area contributed by atoms with E-state index in [1.165, 1.54) is 54.8 Å². The topological polar surface area (TPSA) is 30.5 Å². The van der Waals surface area contributed by atoms with Gasteiger partial charge < -0.3 is 14.8 Å². The van der Waals surface area contributed by atoms with Crippen LogP contribution in [0.5, 0.6) is 11.5 Å². The Labute approximate surface area is 114 Å². The van der Waals surface area contributed by atoms with E-state index in [1.54, 1.807) is 0 Å². The number of fused-ring (bicyclic) bond motifs is 2. The molecule has 1 fully saturated rings. The number of hydrogen-bond donors (Lipinski definition) is 1. The Hall–Kier alpha value is -1.22. The zero-order valence-electron chi connectivity index (χ0n) is 11.3. The summed E-state index contributed by atoms with van der Waals surface area (Å²) in [4.78, 5) is 0. The summed E-state index contributed by atoms with van der Waals surface area (Å²) in [5.41, 5.74) is 4.26. The van der Waals surface area contributed by atoms with Crippen LogP contribution in [-0.4, -0.2) is 26.3 Å². The van der Waals surface area contributed by atoms with Crippen LogP contribution >= 0.6 is 0 Å². The van der Waals surface area contributed by atoms with E-state index >= 15 is 0 Å². The van der Waals surface area contributed by atoms with Gasteiger partial charge in [-0.1, -0.05) is 0 Å². The minimum absolute atomic E-state index is 0.807. The van der Waals surface area contributed by atoms with Gasteiger partial charge in [0.25, 0.3) is 0 Å². The molecule has 3 nitrogen and oxygen atoms in total. The van der Waals surface area contributed by atoms with Crippen LogP contribution in [0.4, 0.5) is 0 Å². The molecule has 3 heterocycles. The first-order valence-electron chi connectivity index (χ1n) is 7.56. The van der Waals surface area contributed by atoms with Gasteiger partial charge in [-0.3, -0.25) is 0 Å². The fraction of sp³-hybridized carbons (Fsp3) is 0.625. The lowest BCUT2D eigenvalue weighted by Crippen LogP contribution is -2.28. The average Bonchev–Trinajstić information content (AvgIpc) is 3.08. The van der Waals surface area contributed by atoms with Crippen LogP contribution in [0.2, 0.25) is 0 Å². The van der Waals surface area contributed by atoms with E-state index in [4.69, 9.17) is 9.47 Å². The van der Waals surface area contributed by atoms with Gasteiger partial charge in [-0.15, -0.1) is 0 Å². The largest absolute Gasteiger partial charge is 0.493 e. The van der Waals surface area contributed by atoms with E-state index in [1.807, 2.05) is 0 Å². The monoisotopic (exact) mass is 259 g/mol. The molecule has 0 aliphatic carbocycles. The van der Waals surface area contributed by atoms with Crippen molar-refractivity contribution >= 4 is 0 Å². The quantitative estimate of drug-likeness (QED) is 0.882. The lowest BCUT2D eigenvalue weighted by atomic mass is 9.87. The second-order valence-electron chi connectivity index (χ2n) is 5.91. The molecular formula is C16H21NO2. The first-order valence-corrected chi connectivity index (χ1v) is 7.56. The molecule has 0 unspecified atom stereocenters. The maximum atomic E-state index is 5.93. The fourth-order valence-corrected chi connectivity index (χ4v) is 3.68. The first kappa shape index (κ1) is 11.6. The Morgan fingerprint density at radius 3 is 2.84 bits per heavy atom. The Kier molecular flexibility index (Phi) is 2.87. The Morgan fingerprint density at radius 2 is 1.95 bits per heavy atom. The van der Waals surface area contributed by atoms with Gasteiger partial charge in [-0.25, -0.2) is 0 Å². The highest BCUT2D eigenvalue weighted by Gasteiger charge is 2.28. The van der Waals surface area contributed by atoms with Crippen LogP contribution < -0.4 is 14.8 Å². The Morgan fingerprint density at radius 1 is 1.11 bits per heavy atom. The summed E-state index contributed by atoms with van der Waals surface area (Å²) in [6.45, 7) is 4.02. The SMILES string of the molecule is c1c2c(c(CC3CCNCC3)c3c1OCC3)OCC2. The van der Waals surface area contributed by atoms with Gasteiger partial charge in [0.15, 0.2) is 0 Å². The number of nitrogens with one attached hydrogen (secondary N) is 1. The van der Waals surface area contributed by atoms with Crippen molar-refractivity contribution in [2.45, 2.75) is 32.1 Å². The smallest absolute Gasteiger partial charge is 0.126 e. The summed E-state index contributed by atoms with van der Waals surface area (Å²) in [6.07, 6.45) is 5.87. The van der Waals surface area contributed by atoms with Crippen LogP contribution in [0, 0.1) is 5.92 Å². The van der Waals surface area contributed by atoms with Crippen LogP contribution in [0.25, 0.3) is 0 Å². The Bertz CT molecular complexity index is 460. The lowest BCUT2D eigenvalue weighted by molar-refractivity contribution is 0.339. The molecule has 0 aromatic heterocycles. The number of piperidine rings is 1. The van der Waals surface area contributed by atoms with Crippen molar-refractivity contribution < 1.29 is 9.47 Å². The van der Waals surface area contributed by atoms with Crippen LogP contribution in [0.15, 0.2) is 6.07 Å². The third kappa shape index (κ3) is 2.00. The van der Waals surface area contributed by atoms with Gasteiger partial charge >= 0.3 is 0 Å². The summed E-state index contributed by atoms with van der Waals surface area (Å²) in [5.74, 6) is 3.14. The average molecular weight is 259 g/mol. The van der Waals surface area contributed by atoms with Crippen LogP contribution in [0.3, 0.4) is 0 Å². The van der Waals surface area contributed by atoms with E-state index < -0.39 is 0 Å². The van der Waals surface area contributed by atoms with Gasteiger partial charge in [0.05, 0.1) is 13.2 Å². The molecule has 0 bridgehead atoms. The van der Waals surface area contributed by atoms with Crippen molar-refractivity contribution in [2.24, 2.45) is 5.92 Å². The molecule has 3 aliphatic heterocycles. The first-order chi connectivity index (χ1) is 9.42. The van der Waals surface area contributed by atoms with Crippen molar-refractivity contribution in [1.82, 2.24) is 5.32 Å².